The number of halogens is 1. The molecule has 5 heteroatoms. The zero-order chi connectivity index (χ0) is 14.4. The SMILES string of the molecule is Nc1ccc(NC(=O)CCN2CCCCCC2)c(Cl)c1. The Balaban J connectivity index is 1.79. The van der Waals surface area contributed by atoms with Gasteiger partial charge in [0.2, 0.25) is 5.91 Å². The highest BCUT2D eigenvalue weighted by Gasteiger charge is 2.11. The summed E-state index contributed by atoms with van der Waals surface area (Å²) in [4.78, 5) is 14.3. The molecule has 0 radical (unpaired) electrons. The molecule has 1 amide bonds. The van der Waals surface area contributed by atoms with E-state index in [9.17, 15) is 4.79 Å². The number of nitrogens with one attached hydrogen (secondary N) is 1. The van der Waals surface area contributed by atoms with Gasteiger partial charge < -0.3 is 16.0 Å². The van der Waals surface area contributed by atoms with Crippen molar-refractivity contribution in [2.24, 2.45) is 0 Å². The van der Waals surface area contributed by atoms with Crippen LogP contribution in [0.15, 0.2) is 18.2 Å². The molecule has 110 valence electrons. The molecular formula is C15H22ClN3O. The van der Waals surface area contributed by atoms with Gasteiger partial charge in [0.25, 0.3) is 0 Å². The quantitative estimate of drug-likeness (QED) is 0.839. The molecule has 3 N–H and O–H groups in total. The third-order valence-electron chi connectivity index (χ3n) is 3.62. The van der Waals surface area contributed by atoms with E-state index in [0.29, 0.717) is 22.8 Å². The van der Waals surface area contributed by atoms with Gasteiger partial charge in [0, 0.05) is 18.7 Å². The highest BCUT2D eigenvalue weighted by atomic mass is 35.5. The number of likely N-dealkylation sites (tertiary alicyclic amines) is 1. The summed E-state index contributed by atoms with van der Waals surface area (Å²) in [5, 5.41) is 3.32. The zero-order valence-electron chi connectivity index (χ0n) is 11.7. The lowest BCUT2D eigenvalue weighted by Gasteiger charge is -2.19. The molecule has 0 unspecified atom stereocenters. The van der Waals surface area contributed by atoms with Gasteiger partial charge in [-0.05, 0) is 44.1 Å². The number of nitrogens with zero attached hydrogens (tertiary/aromatic N) is 1. The first-order chi connectivity index (χ1) is 9.65. The first kappa shape index (κ1) is 15.1. The smallest absolute Gasteiger partial charge is 0.225 e. The van der Waals surface area contributed by atoms with Crippen molar-refractivity contribution < 1.29 is 4.79 Å². The number of carbonyl (C=O) groups excluding carboxylic acids is 1. The number of nitrogens with two attached hydrogens (primary N) is 1. The Kier molecular flexibility index (Phi) is 5.68. The van der Waals surface area contributed by atoms with Crippen LogP contribution >= 0.6 is 11.6 Å². The van der Waals surface area contributed by atoms with Gasteiger partial charge in [0.1, 0.15) is 0 Å². The minimum atomic E-state index is 0.000850. The zero-order valence-corrected chi connectivity index (χ0v) is 12.5. The van der Waals surface area contributed by atoms with Gasteiger partial charge in [-0.25, -0.2) is 0 Å². The molecule has 1 heterocycles. The lowest BCUT2D eigenvalue weighted by Crippen LogP contribution is -2.28. The van der Waals surface area contributed by atoms with Crippen molar-refractivity contribution in [3.63, 3.8) is 0 Å². The Morgan fingerprint density at radius 1 is 1.25 bits per heavy atom. The molecular weight excluding hydrogens is 274 g/mol. The maximum Gasteiger partial charge on any atom is 0.225 e. The molecule has 0 atom stereocenters. The van der Waals surface area contributed by atoms with Crippen molar-refractivity contribution in [3.8, 4) is 0 Å². The van der Waals surface area contributed by atoms with E-state index < -0.39 is 0 Å². The largest absolute Gasteiger partial charge is 0.399 e. The minimum Gasteiger partial charge on any atom is -0.399 e. The second kappa shape index (κ2) is 7.50. The van der Waals surface area contributed by atoms with E-state index in [0.717, 1.165) is 19.6 Å². The van der Waals surface area contributed by atoms with Crippen molar-refractivity contribution in [1.82, 2.24) is 4.90 Å². The fourth-order valence-corrected chi connectivity index (χ4v) is 2.70. The van der Waals surface area contributed by atoms with Gasteiger partial charge in [0.05, 0.1) is 10.7 Å². The Labute approximate surface area is 125 Å². The monoisotopic (exact) mass is 295 g/mol. The Morgan fingerprint density at radius 2 is 1.95 bits per heavy atom. The lowest BCUT2D eigenvalue weighted by molar-refractivity contribution is -0.116. The van der Waals surface area contributed by atoms with E-state index in [1.165, 1.54) is 25.7 Å². The van der Waals surface area contributed by atoms with Crippen LogP contribution in [-0.4, -0.2) is 30.4 Å². The summed E-state index contributed by atoms with van der Waals surface area (Å²) in [7, 11) is 0. The first-order valence-corrected chi connectivity index (χ1v) is 7.60. The van der Waals surface area contributed by atoms with Crippen molar-refractivity contribution in [1.29, 1.82) is 0 Å². The number of hydrogen-bond donors (Lipinski definition) is 2. The van der Waals surface area contributed by atoms with Crippen molar-refractivity contribution in [2.45, 2.75) is 32.1 Å². The average molecular weight is 296 g/mol. The van der Waals surface area contributed by atoms with E-state index in [2.05, 4.69) is 10.2 Å². The fourth-order valence-electron chi connectivity index (χ4n) is 2.46. The molecule has 0 spiro atoms. The summed E-state index contributed by atoms with van der Waals surface area (Å²) in [6.45, 7) is 3.03. The third-order valence-corrected chi connectivity index (χ3v) is 3.93. The Hall–Kier alpha value is -1.26. The summed E-state index contributed by atoms with van der Waals surface area (Å²) in [5.41, 5.74) is 6.85. The molecule has 0 saturated carbocycles. The van der Waals surface area contributed by atoms with Crippen LogP contribution in [0.1, 0.15) is 32.1 Å². The van der Waals surface area contributed by atoms with E-state index >= 15 is 0 Å². The first-order valence-electron chi connectivity index (χ1n) is 7.22. The van der Waals surface area contributed by atoms with Crippen LogP contribution in [0.3, 0.4) is 0 Å². The number of anilines is 2. The van der Waals surface area contributed by atoms with E-state index in [1.54, 1.807) is 18.2 Å². The Morgan fingerprint density at radius 3 is 2.60 bits per heavy atom. The van der Waals surface area contributed by atoms with Gasteiger partial charge in [-0.1, -0.05) is 24.4 Å². The van der Waals surface area contributed by atoms with Crippen LogP contribution in [0.4, 0.5) is 11.4 Å². The number of nitrogen functional groups attached to an aromatic ring is 1. The van der Waals surface area contributed by atoms with Crippen LogP contribution in [-0.2, 0) is 4.79 Å². The van der Waals surface area contributed by atoms with E-state index in [4.69, 9.17) is 17.3 Å². The standard InChI is InChI=1S/C15H22ClN3O/c16-13-11-12(17)5-6-14(13)18-15(20)7-10-19-8-3-1-2-4-9-19/h5-6,11H,1-4,7-10,17H2,(H,18,20). The summed E-state index contributed by atoms with van der Waals surface area (Å²) in [6, 6.07) is 5.11. The van der Waals surface area contributed by atoms with Crippen LogP contribution in [0, 0.1) is 0 Å². The predicted molar refractivity (Wildman–Crippen MR) is 84.0 cm³/mol. The molecule has 2 rings (SSSR count). The maximum absolute atomic E-state index is 12.0. The summed E-state index contributed by atoms with van der Waals surface area (Å²) in [6.07, 6.45) is 5.60. The van der Waals surface area contributed by atoms with Crippen LogP contribution in [0.2, 0.25) is 5.02 Å². The molecule has 4 nitrogen and oxygen atoms in total. The summed E-state index contributed by atoms with van der Waals surface area (Å²) in [5.74, 6) is 0.000850. The van der Waals surface area contributed by atoms with Gasteiger partial charge in [-0.15, -0.1) is 0 Å². The van der Waals surface area contributed by atoms with Crippen molar-refractivity contribution in [3.05, 3.63) is 23.2 Å². The van der Waals surface area contributed by atoms with Crippen LogP contribution < -0.4 is 11.1 Å². The van der Waals surface area contributed by atoms with Gasteiger partial charge in [-0.3, -0.25) is 4.79 Å². The maximum atomic E-state index is 12.0. The molecule has 0 aromatic heterocycles. The van der Waals surface area contributed by atoms with Crippen molar-refractivity contribution in [2.75, 3.05) is 30.7 Å². The number of amides is 1. The lowest BCUT2D eigenvalue weighted by atomic mass is 10.2. The van der Waals surface area contributed by atoms with Gasteiger partial charge in [-0.2, -0.15) is 0 Å². The average Bonchev–Trinajstić information content (AvgIpc) is 2.68. The number of benzene rings is 1. The molecule has 1 aliphatic heterocycles. The third kappa shape index (κ3) is 4.69. The molecule has 1 saturated heterocycles. The van der Waals surface area contributed by atoms with E-state index in [1.807, 2.05) is 0 Å². The highest BCUT2D eigenvalue weighted by Crippen LogP contribution is 2.24. The minimum absolute atomic E-state index is 0.000850. The topological polar surface area (TPSA) is 58.4 Å². The Bertz CT molecular complexity index is 456. The predicted octanol–water partition coefficient (Wildman–Crippen LogP) is 3.13. The molecule has 1 fully saturated rings. The molecule has 0 bridgehead atoms. The van der Waals surface area contributed by atoms with Gasteiger partial charge in [0.15, 0.2) is 0 Å². The normalized spacial score (nSPS) is 16.6. The summed E-state index contributed by atoms with van der Waals surface area (Å²) >= 11 is 6.04. The van der Waals surface area contributed by atoms with Gasteiger partial charge >= 0.3 is 0 Å². The molecule has 0 aliphatic carbocycles. The number of rotatable bonds is 4. The second-order valence-electron chi connectivity index (χ2n) is 5.29. The summed E-state index contributed by atoms with van der Waals surface area (Å²) < 4.78 is 0. The molecule has 1 aromatic rings. The number of hydrogen-bond acceptors (Lipinski definition) is 3. The number of carbonyl (C=O) groups is 1. The molecule has 1 aliphatic rings. The highest BCUT2D eigenvalue weighted by molar-refractivity contribution is 6.34. The van der Waals surface area contributed by atoms with Crippen LogP contribution in [0.5, 0.6) is 0 Å². The molecule has 1 aromatic carbocycles. The second-order valence-corrected chi connectivity index (χ2v) is 5.70. The molecule has 20 heavy (non-hydrogen) atoms. The fraction of sp³-hybridized carbons (Fsp3) is 0.533. The van der Waals surface area contributed by atoms with Crippen LogP contribution in [0.25, 0.3) is 0 Å². The van der Waals surface area contributed by atoms with Crippen molar-refractivity contribution >= 4 is 28.9 Å². The van der Waals surface area contributed by atoms with E-state index in [-0.39, 0.29) is 5.91 Å².